The quantitative estimate of drug-likeness (QED) is 0.672. The Hall–Kier alpha value is -1.39. The summed E-state index contributed by atoms with van der Waals surface area (Å²) < 4.78 is 0. The zero-order chi connectivity index (χ0) is 15.0. The van der Waals surface area contributed by atoms with Crippen molar-refractivity contribution in [1.82, 2.24) is 4.90 Å². The van der Waals surface area contributed by atoms with Crippen LogP contribution in [0.25, 0.3) is 0 Å². The van der Waals surface area contributed by atoms with Gasteiger partial charge >= 0.3 is 0 Å². The average Bonchev–Trinajstić information content (AvgIpc) is 2.42. The lowest BCUT2D eigenvalue weighted by atomic mass is 9.95. The van der Waals surface area contributed by atoms with E-state index in [-0.39, 0.29) is 0 Å². The van der Waals surface area contributed by atoms with Crippen molar-refractivity contribution in [2.24, 2.45) is 11.5 Å². The molecule has 4 nitrogen and oxygen atoms in total. The third kappa shape index (κ3) is 6.17. The second kappa shape index (κ2) is 8.02. The molecule has 1 amide bonds. The zero-order valence-corrected chi connectivity index (χ0v) is 12.6. The highest BCUT2D eigenvalue weighted by Crippen LogP contribution is 2.10. The Labute approximate surface area is 122 Å². The lowest BCUT2D eigenvalue weighted by Gasteiger charge is -2.21. The van der Waals surface area contributed by atoms with Gasteiger partial charge < -0.3 is 16.4 Å². The predicted octanol–water partition coefficient (Wildman–Crippen LogP) is 1.53. The molecule has 4 heteroatoms. The van der Waals surface area contributed by atoms with Gasteiger partial charge in [0.25, 0.3) is 0 Å². The van der Waals surface area contributed by atoms with Gasteiger partial charge in [0.15, 0.2) is 0 Å². The summed E-state index contributed by atoms with van der Waals surface area (Å²) in [4.78, 5) is 13.4. The van der Waals surface area contributed by atoms with Gasteiger partial charge in [-0.1, -0.05) is 30.3 Å². The fourth-order valence-corrected chi connectivity index (χ4v) is 2.07. The van der Waals surface area contributed by atoms with Crippen LogP contribution in [-0.4, -0.2) is 36.5 Å². The number of benzene rings is 1. The number of hydrogen-bond donors (Lipinski definition) is 2. The molecule has 0 radical (unpaired) electrons. The minimum absolute atomic E-state index is 0.421. The summed E-state index contributed by atoms with van der Waals surface area (Å²) in [5.74, 6) is -0.421. The minimum atomic E-state index is -0.872. The van der Waals surface area contributed by atoms with Crippen LogP contribution < -0.4 is 11.5 Å². The van der Waals surface area contributed by atoms with Crippen LogP contribution in [-0.2, 0) is 11.2 Å². The summed E-state index contributed by atoms with van der Waals surface area (Å²) >= 11 is 0. The van der Waals surface area contributed by atoms with Gasteiger partial charge in [0.1, 0.15) is 0 Å². The van der Waals surface area contributed by atoms with Crippen molar-refractivity contribution in [3.05, 3.63) is 35.9 Å². The minimum Gasteiger partial charge on any atom is -0.368 e. The fourth-order valence-electron chi connectivity index (χ4n) is 2.07. The molecule has 112 valence electrons. The summed E-state index contributed by atoms with van der Waals surface area (Å²) in [6.07, 6.45) is 3.67. The number of carbonyl (C=O) groups is 1. The second-order valence-electron chi connectivity index (χ2n) is 5.78. The maximum absolute atomic E-state index is 11.1. The molecule has 4 N–H and O–H groups in total. The van der Waals surface area contributed by atoms with Crippen LogP contribution >= 0.6 is 0 Å². The van der Waals surface area contributed by atoms with Gasteiger partial charge in [0, 0.05) is 6.54 Å². The molecule has 20 heavy (non-hydrogen) atoms. The summed E-state index contributed by atoms with van der Waals surface area (Å²) in [6, 6.07) is 10.5. The highest BCUT2D eigenvalue weighted by Gasteiger charge is 2.24. The molecule has 1 aromatic rings. The van der Waals surface area contributed by atoms with E-state index < -0.39 is 11.4 Å². The van der Waals surface area contributed by atoms with Gasteiger partial charge in [0.05, 0.1) is 5.54 Å². The van der Waals surface area contributed by atoms with E-state index in [4.69, 9.17) is 11.5 Å². The molecule has 0 bridgehead atoms. The molecule has 1 unspecified atom stereocenters. The van der Waals surface area contributed by atoms with Crippen LogP contribution in [0.5, 0.6) is 0 Å². The smallest absolute Gasteiger partial charge is 0.237 e. The van der Waals surface area contributed by atoms with Crippen LogP contribution in [0.1, 0.15) is 31.7 Å². The van der Waals surface area contributed by atoms with E-state index in [9.17, 15) is 4.79 Å². The largest absolute Gasteiger partial charge is 0.368 e. The first-order chi connectivity index (χ1) is 9.42. The number of primary amides is 1. The number of unbranched alkanes of at least 4 members (excludes halogenated alkanes) is 1. The van der Waals surface area contributed by atoms with Gasteiger partial charge in [0.2, 0.25) is 5.91 Å². The number of likely N-dealkylation sites (N-methyl/N-ethyl adjacent to an activating group) is 1. The summed E-state index contributed by atoms with van der Waals surface area (Å²) in [5, 5.41) is 0. The monoisotopic (exact) mass is 277 g/mol. The number of amides is 1. The van der Waals surface area contributed by atoms with Crippen LogP contribution in [0.3, 0.4) is 0 Å². The zero-order valence-electron chi connectivity index (χ0n) is 12.6. The van der Waals surface area contributed by atoms with E-state index in [0.29, 0.717) is 6.42 Å². The van der Waals surface area contributed by atoms with E-state index in [1.54, 1.807) is 6.92 Å². The lowest BCUT2D eigenvalue weighted by Crippen LogP contribution is -2.49. The third-order valence-electron chi connectivity index (χ3n) is 3.67. The van der Waals surface area contributed by atoms with Crippen molar-refractivity contribution >= 4 is 5.91 Å². The molecule has 0 aliphatic carbocycles. The van der Waals surface area contributed by atoms with Crippen LogP contribution in [0, 0.1) is 0 Å². The fraction of sp³-hybridized carbons (Fsp3) is 0.562. The Kier molecular flexibility index (Phi) is 6.68. The molecule has 0 spiro atoms. The Morgan fingerprint density at radius 2 is 1.85 bits per heavy atom. The standard InChI is InChI=1S/C16H27N3O/c1-16(18,15(17)20)11-6-7-12-19(2)13-10-14-8-4-3-5-9-14/h3-5,8-9H,6-7,10-13,18H2,1-2H3,(H2,17,20). The molecule has 0 aliphatic rings. The normalized spacial score (nSPS) is 14.2. The van der Waals surface area contributed by atoms with Crippen molar-refractivity contribution in [2.75, 3.05) is 20.1 Å². The molecule has 1 aromatic carbocycles. The van der Waals surface area contributed by atoms with E-state index in [1.807, 2.05) is 6.07 Å². The molecule has 0 aliphatic heterocycles. The van der Waals surface area contributed by atoms with Crippen molar-refractivity contribution in [2.45, 2.75) is 38.1 Å². The maximum atomic E-state index is 11.1. The van der Waals surface area contributed by atoms with Gasteiger partial charge in [-0.2, -0.15) is 0 Å². The highest BCUT2D eigenvalue weighted by molar-refractivity contribution is 5.83. The number of nitrogens with two attached hydrogens (primary N) is 2. The highest BCUT2D eigenvalue weighted by atomic mass is 16.1. The van der Waals surface area contributed by atoms with Crippen LogP contribution in [0.2, 0.25) is 0 Å². The van der Waals surface area contributed by atoms with E-state index in [1.165, 1.54) is 5.56 Å². The average molecular weight is 277 g/mol. The van der Waals surface area contributed by atoms with Gasteiger partial charge in [-0.15, -0.1) is 0 Å². The summed E-state index contributed by atoms with van der Waals surface area (Å²) in [6.45, 7) is 3.76. The Morgan fingerprint density at radius 3 is 2.45 bits per heavy atom. The number of rotatable bonds is 9. The van der Waals surface area contributed by atoms with Crippen molar-refractivity contribution in [3.63, 3.8) is 0 Å². The SMILES string of the molecule is CN(CCCCC(C)(N)C(N)=O)CCc1ccccc1. The van der Waals surface area contributed by atoms with E-state index in [0.717, 1.165) is 32.4 Å². The Balaban J connectivity index is 2.15. The predicted molar refractivity (Wildman–Crippen MR) is 83.3 cm³/mol. The number of nitrogens with zero attached hydrogens (tertiary/aromatic N) is 1. The molecule has 1 rings (SSSR count). The topological polar surface area (TPSA) is 72.3 Å². The lowest BCUT2D eigenvalue weighted by molar-refractivity contribution is -0.122. The summed E-state index contributed by atoms with van der Waals surface area (Å²) in [7, 11) is 2.12. The first-order valence-electron chi connectivity index (χ1n) is 7.23. The molecular weight excluding hydrogens is 250 g/mol. The molecule has 0 aromatic heterocycles. The van der Waals surface area contributed by atoms with Crippen molar-refractivity contribution in [1.29, 1.82) is 0 Å². The first-order valence-corrected chi connectivity index (χ1v) is 7.23. The second-order valence-corrected chi connectivity index (χ2v) is 5.78. The Morgan fingerprint density at radius 1 is 1.20 bits per heavy atom. The number of hydrogen-bond acceptors (Lipinski definition) is 3. The van der Waals surface area contributed by atoms with E-state index >= 15 is 0 Å². The molecule has 0 fully saturated rings. The van der Waals surface area contributed by atoms with E-state index in [2.05, 4.69) is 36.2 Å². The van der Waals surface area contributed by atoms with Crippen LogP contribution in [0.15, 0.2) is 30.3 Å². The maximum Gasteiger partial charge on any atom is 0.237 e. The van der Waals surface area contributed by atoms with Crippen LogP contribution in [0.4, 0.5) is 0 Å². The molecule has 0 saturated heterocycles. The molecule has 1 atom stereocenters. The van der Waals surface area contributed by atoms with Gasteiger partial charge in [-0.05, 0) is 51.8 Å². The summed E-state index contributed by atoms with van der Waals surface area (Å²) in [5.41, 5.74) is 11.6. The van der Waals surface area contributed by atoms with Gasteiger partial charge in [-0.3, -0.25) is 4.79 Å². The van der Waals surface area contributed by atoms with Gasteiger partial charge in [-0.25, -0.2) is 0 Å². The third-order valence-corrected chi connectivity index (χ3v) is 3.67. The Bertz CT molecular complexity index is 403. The van der Waals surface area contributed by atoms with Crippen molar-refractivity contribution < 1.29 is 4.79 Å². The van der Waals surface area contributed by atoms with Crippen molar-refractivity contribution in [3.8, 4) is 0 Å². The first kappa shape index (κ1) is 16.7. The molecule has 0 heterocycles. The molecule has 0 saturated carbocycles. The number of carbonyl (C=O) groups excluding carboxylic acids is 1. The molecular formula is C16H27N3O.